The summed E-state index contributed by atoms with van der Waals surface area (Å²) in [4.78, 5) is 24.8. The van der Waals surface area contributed by atoms with Gasteiger partial charge in [-0.05, 0) is 24.7 Å². The molecule has 0 aromatic carbocycles. The van der Waals surface area contributed by atoms with E-state index in [1.165, 1.54) is 4.90 Å². The van der Waals surface area contributed by atoms with Gasteiger partial charge in [0, 0.05) is 18.5 Å². The van der Waals surface area contributed by atoms with Gasteiger partial charge in [-0.25, -0.2) is 0 Å². The van der Waals surface area contributed by atoms with Crippen molar-refractivity contribution in [3.63, 3.8) is 0 Å². The molecule has 0 heterocycles. The molecule has 20 heavy (non-hydrogen) atoms. The molecule has 0 aromatic heterocycles. The molecule has 0 radical (unpaired) electrons. The van der Waals surface area contributed by atoms with E-state index in [-0.39, 0.29) is 36.4 Å². The van der Waals surface area contributed by atoms with E-state index in [4.69, 9.17) is 10.8 Å². The van der Waals surface area contributed by atoms with E-state index in [2.05, 4.69) is 20.8 Å². The maximum atomic E-state index is 12.3. The van der Waals surface area contributed by atoms with Gasteiger partial charge in [-0.1, -0.05) is 33.6 Å². The Labute approximate surface area is 121 Å². The van der Waals surface area contributed by atoms with Crippen molar-refractivity contribution in [1.82, 2.24) is 4.90 Å². The van der Waals surface area contributed by atoms with Crippen molar-refractivity contribution in [3.05, 3.63) is 0 Å². The highest BCUT2D eigenvalue weighted by Gasteiger charge is 2.29. The standard InChI is InChI=1S/C15H28N2O3/c1-15(2,3)9-11(16)8-13(18)17(10-14(19)20)12-6-4-5-7-12/h11-12H,4-10,16H2,1-3H3,(H,19,20). The van der Waals surface area contributed by atoms with Gasteiger partial charge in [0.15, 0.2) is 0 Å². The number of carboxylic acids is 1. The molecule has 1 amide bonds. The SMILES string of the molecule is CC(C)(C)CC(N)CC(=O)N(CC(=O)O)C1CCCC1. The van der Waals surface area contributed by atoms with E-state index in [0.29, 0.717) is 0 Å². The highest BCUT2D eigenvalue weighted by atomic mass is 16.4. The summed E-state index contributed by atoms with van der Waals surface area (Å²) >= 11 is 0. The van der Waals surface area contributed by atoms with Crippen LogP contribution in [0.3, 0.4) is 0 Å². The Morgan fingerprint density at radius 3 is 2.30 bits per heavy atom. The zero-order chi connectivity index (χ0) is 15.3. The zero-order valence-electron chi connectivity index (χ0n) is 12.9. The minimum Gasteiger partial charge on any atom is -0.480 e. The Morgan fingerprint density at radius 2 is 1.85 bits per heavy atom. The fraction of sp³-hybridized carbons (Fsp3) is 0.867. The number of aliphatic carboxylic acids is 1. The van der Waals surface area contributed by atoms with Crippen LogP contribution in [0.25, 0.3) is 0 Å². The average Bonchev–Trinajstić information content (AvgIpc) is 2.75. The number of nitrogens with zero attached hydrogens (tertiary/aromatic N) is 1. The summed E-state index contributed by atoms with van der Waals surface area (Å²) in [6.45, 7) is 6.06. The molecule has 3 N–H and O–H groups in total. The van der Waals surface area contributed by atoms with Gasteiger partial charge in [0.05, 0.1) is 0 Å². The topological polar surface area (TPSA) is 83.6 Å². The third-order valence-corrected chi connectivity index (χ3v) is 3.70. The molecule has 116 valence electrons. The predicted molar refractivity (Wildman–Crippen MR) is 78.3 cm³/mol. The van der Waals surface area contributed by atoms with Crippen molar-refractivity contribution in [2.45, 2.75) is 71.4 Å². The lowest BCUT2D eigenvalue weighted by Crippen LogP contribution is -2.44. The zero-order valence-corrected chi connectivity index (χ0v) is 12.9. The van der Waals surface area contributed by atoms with Crippen molar-refractivity contribution in [2.24, 2.45) is 11.1 Å². The quantitative estimate of drug-likeness (QED) is 0.781. The number of carbonyl (C=O) groups is 2. The van der Waals surface area contributed by atoms with E-state index >= 15 is 0 Å². The Balaban J connectivity index is 2.60. The molecule has 0 saturated heterocycles. The second-order valence-corrected chi connectivity index (χ2v) is 7.08. The first-order chi connectivity index (χ1) is 9.19. The summed E-state index contributed by atoms with van der Waals surface area (Å²) in [7, 11) is 0. The molecular formula is C15H28N2O3. The Morgan fingerprint density at radius 1 is 1.30 bits per heavy atom. The van der Waals surface area contributed by atoms with Crippen molar-refractivity contribution in [2.75, 3.05) is 6.54 Å². The lowest BCUT2D eigenvalue weighted by atomic mass is 9.87. The van der Waals surface area contributed by atoms with Crippen LogP contribution in [-0.2, 0) is 9.59 Å². The van der Waals surface area contributed by atoms with Crippen LogP contribution in [0.1, 0.15) is 59.3 Å². The van der Waals surface area contributed by atoms with Crippen LogP contribution < -0.4 is 5.73 Å². The van der Waals surface area contributed by atoms with E-state index < -0.39 is 5.97 Å². The molecule has 1 aliphatic rings. The van der Waals surface area contributed by atoms with Crippen molar-refractivity contribution < 1.29 is 14.7 Å². The van der Waals surface area contributed by atoms with Gasteiger partial charge in [0.25, 0.3) is 0 Å². The van der Waals surface area contributed by atoms with Gasteiger partial charge >= 0.3 is 5.97 Å². The van der Waals surface area contributed by atoms with Crippen LogP contribution in [0.5, 0.6) is 0 Å². The second-order valence-electron chi connectivity index (χ2n) is 7.08. The van der Waals surface area contributed by atoms with Gasteiger partial charge in [0.1, 0.15) is 6.54 Å². The molecule has 1 unspecified atom stereocenters. The molecule has 5 heteroatoms. The van der Waals surface area contributed by atoms with Crippen molar-refractivity contribution in [1.29, 1.82) is 0 Å². The fourth-order valence-electron chi connectivity index (χ4n) is 2.98. The van der Waals surface area contributed by atoms with Gasteiger partial charge in [0.2, 0.25) is 5.91 Å². The summed E-state index contributed by atoms with van der Waals surface area (Å²) in [5.74, 6) is -1.06. The largest absolute Gasteiger partial charge is 0.480 e. The third kappa shape index (κ3) is 5.90. The van der Waals surface area contributed by atoms with Crippen molar-refractivity contribution in [3.8, 4) is 0 Å². The number of carbonyl (C=O) groups excluding carboxylic acids is 1. The van der Waals surface area contributed by atoms with Crippen LogP contribution in [0, 0.1) is 5.41 Å². The van der Waals surface area contributed by atoms with Crippen LogP contribution in [0.15, 0.2) is 0 Å². The minimum absolute atomic E-state index is 0.0741. The summed E-state index contributed by atoms with van der Waals surface area (Å²) in [5.41, 5.74) is 6.11. The Bertz CT molecular complexity index is 344. The summed E-state index contributed by atoms with van der Waals surface area (Å²) < 4.78 is 0. The van der Waals surface area contributed by atoms with Crippen LogP contribution in [-0.4, -0.2) is 40.5 Å². The number of hydrogen-bond donors (Lipinski definition) is 2. The summed E-state index contributed by atoms with van der Waals surface area (Å²) in [5, 5.41) is 8.99. The smallest absolute Gasteiger partial charge is 0.323 e. The maximum absolute atomic E-state index is 12.3. The lowest BCUT2D eigenvalue weighted by molar-refractivity contribution is -0.146. The molecule has 0 spiro atoms. The number of amides is 1. The van der Waals surface area contributed by atoms with E-state index in [1.54, 1.807) is 0 Å². The number of nitrogens with two attached hydrogens (primary N) is 1. The average molecular weight is 284 g/mol. The van der Waals surface area contributed by atoms with E-state index in [1.807, 2.05) is 0 Å². The molecular weight excluding hydrogens is 256 g/mol. The van der Waals surface area contributed by atoms with Gasteiger partial charge < -0.3 is 15.7 Å². The first kappa shape index (κ1) is 17.0. The van der Waals surface area contributed by atoms with Gasteiger partial charge in [-0.15, -0.1) is 0 Å². The molecule has 1 atom stereocenters. The van der Waals surface area contributed by atoms with Crippen LogP contribution in [0.2, 0.25) is 0 Å². The second kappa shape index (κ2) is 7.07. The highest BCUT2D eigenvalue weighted by molar-refractivity contribution is 5.82. The Hall–Kier alpha value is -1.10. The molecule has 1 rings (SSSR count). The van der Waals surface area contributed by atoms with Crippen LogP contribution >= 0.6 is 0 Å². The van der Waals surface area contributed by atoms with Gasteiger partial charge in [-0.3, -0.25) is 9.59 Å². The minimum atomic E-state index is -0.949. The first-order valence-electron chi connectivity index (χ1n) is 7.46. The molecule has 0 aliphatic heterocycles. The van der Waals surface area contributed by atoms with Crippen LogP contribution in [0.4, 0.5) is 0 Å². The Kier molecular flexibility index (Phi) is 5.99. The third-order valence-electron chi connectivity index (χ3n) is 3.70. The summed E-state index contributed by atoms with van der Waals surface area (Å²) in [6, 6.07) is -0.124. The molecule has 1 saturated carbocycles. The molecule has 5 nitrogen and oxygen atoms in total. The van der Waals surface area contributed by atoms with Crippen molar-refractivity contribution >= 4 is 11.9 Å². The molecule has 0 bridgehead atoms. The van der Waals surface area contributed by atoms with E-state index in [0.717, 1.165) is 32.1 Å². The predicted octanol–water partition coefficient (Wildman–Crippen LogP) is 2.00. The number of rotatable bonds is 6. The lowest BCUT2D eigenvalue weighted by Gasteiger charge is -2.30. The summed E-state index contributed by atoms with van der Waals surface area (Å²) in [6.07, 6.45) is 4.96. The number of carboxylic acid groups (broad SMARTS) is 1. The highest BCUT2D eigenvalue weighted by Crippen LogP contribution is 2.25. The maximum Gasteiger partial charge on any atom is 0.323 e. The fourth-order valence-corrected chi connectivity index (χ4v) is 2.98. The molecule has 1 fully saturated rings. The van der Waals surface area contributed by atoms with E-state index in [9.17, 15) is 9.59 Å². The normalized spacial score (nSPS) is 18.0. The number of hydrogen-bond acceptors (Lipinski definition) is 3. The first-order valence-corrected chi connectivity index (χ1v) is 7.46. The molecule has 1 aliphatic carbocycles. The molecule has 0 aromatic rings. The van der Waals surface area contributed by atoms with Gasteiger partial charge in [-0.2, -0.15) is 0 Å². The monoisotopic (exact) mass is 284 g/mol.